The van der Waals surface area contributed by atoms with Gasteiger partial charge in [-0.15, -0.1) is 11.6 Å². The van der Waals surface area contributed by atoms with Gasteiger partial charge in [0.15, 0.2) is 5.75 Å². The van der Waals surface area contributed by atoms with Gasteiger partial charge >= 0.3 is 0 Å². The molecule has 0 aliphatic rings. The third-order valence-electron chi connectivity index (χ3n) is 3.05. The second-order valence-corrected chi connectivity index (χ2v) is 5.47. The molecule has 0 fully saturated rings. The van der Waals surface area contributed by atoms with Crippen LogP contribution in [0.2, 0.25) is 0 Å². The van der Waals surface area contributed by atoms with Gasteiger partial charge in [-0.1, -0.05) is 26.0 Å². The Balaban J connectivity index is 2.35. The highest BCUT2D eigenvalue weighted by Crippen LogP contribution is 2.29. The Kier molecular flexibility index (Phi) is 4.61. The Labute approximate surface area is 125 Å². The van der Waals surface area contributed by atoms with Crippen LogP contribution in [0.4, 0.5) is 0 Å². The van der Waals surface area contributed by atoms with Gasteiger partial charge < -0.3 is 4.74 Å². The van der Waals surface area contributed by atoms with E-state index in [4.69, 9.17) is 16.3 Å². The maximum absolute atomic E-state index is 5.98. The zero-order valence-corrected chi connectivity index (χ0v) is 13.0. The van der Waals surface area contributed by atoms with Gasteiger partial charge in [-0.05, 0) is 31.0 Å². The average Bonchev–Trinajstić information content (AvgIpc) is 2.43. The van der Waals surface area contributed by atoms with Crippen LogP contribution in [-0.4, -0.2) is 9.97 Å². The summed E-state index contributed by atoms with van der Waals surface area (Å²) >= 11 is 5.98. The number of halogens is 1. The Morgan fingerprint density at radius 3 is 2.60 bits per heavy atom. The molecule has 0 radical (unpaired) electrons. The molecular weight excluding hydrogens is 272 g/mol. The molecular formula is C16H19ClN2O. The predicted octanol–water partition coefficient (Wildman–Crippen LogP) is 4.75. The molecule has 0 spiro atoms. The summed E-state index contributed by atoms with van der Waals surface area (Å²) in [5.41, 5.74) is 2.95. The lowest BCUT2D eigenvalue weighted by Gasteiger charge is -2.13. The summed E-state index contributed by atoms with van der Waals surface area (Å²) in [6.45, 7) is 8.16. The summed E-state index contributed by atoms with van der Waals surface area (Å²) < 4.78 is 5.94. The second kappa shape index (κ2) is 6.23. The molecule has 1 aromatic carbocycles. The number of hydrogen-bond donors (Lipinski definition) is 0. The third kappa shape index (κ3) is 3.28. The molecule has 1 heterocycles. The van der Waals surface area contributed by atoms with E-state index in [1.807, 2.05) is 26.0 Å². The van der Waals surface area contributed by atoms with Crippen LogP contribution in [0.15, 0.2) is 24.4 Å². The Bertz CT molecular complexity index is 611. The number of benzene rings is 1. The zero-order valence-electron chi connectivity index (χ0n) is 12.3. The SMILES string of the molecule is Cc1ccc(C)c(Oc2cnc(C(C)C)nc2CCl)c1. The van der Waals surface area contributed by atoms with Gasteiger partial charge in [-0.2, -0.15) is 0 Å². The van der Waals surface area contributed by atoms with Gasteiger partial charge in [0.25, 0.3) is 0 Å². The lowest BCUT2D eigenvalue weighted by Crippen LogP contribution is -2.03. The smallest absolute Gasteiger partial charge is 0.168 e. The van der Waals surface area contributed by atoms with E-state index in [0.717, 1.165) is 28.4 Å². The molecule has 2 aromatic rings. The first-order chi connectivity index (χ1) is 9.51. The van der Waals surface area contributed by atoms with Gasteiger partial charge in [-0.3, -0.25) is 0 Å². The maximum Gasteiger partial charge on any atom is 0.168 e. The predicted molar refractivity (Wildman–Crippen MR) is 81.7 cm³/mol. The summed E-state index contributed by atoms with van der Waals surface area (Å²) in [7, 11) is 0. The van der Waals surface area contributed by atoms with Crippen molar-refractivity contribution in [3.05, 3.63) is 47.0 Å². The minimum absolute atomic E-state index is 0.270. The lowest BCUT2D eigenvalue weighted by atomic mass is 10.1. The van der Waals surface area contributed by atoms with Crippen LogP contribution in [0.3, 0.4) is 0 Å². The van der Waals surface area contributed by atoms with Gasteiger partial charge in [0.1, 0.15) is 17.3 Å². The van der Waals surface area contributed by atoms with Crippen molar-refractivity contribution in [2.24, 2.45) is 0 Å². The van der Waals surface area contributed by atoms with E-state index in [1.165, 1.54) is 0 Å². The number of aryl methyl sites for hydroxylation is 2. The van der Waals surface area contributed by atoms with Crippen LogP contribution in [0.25, 0.3) is 0 Å². The molecule has 0 aliphatic carbocycles. The standard InChI is InChI=1S/C16H19ClN2O/c1-10(2)16-18-9-15(13(8-17)19-16)20-14-7-11(3)5-6-12(14)4/h5-7,9-10H,8H2,1-4H3. The molecule has 106 valence electrons. The van der Waals surface area contributed by atoms with Crippen LogP contribution >= 0.6 is 11.6 Å². The highest BCUT2D eigenvalue weighted by atomic mass is 35.5. The van der Waals surface area contributed by atoms with E-state index >= 15 is 0 Å². The summed E-state index contributed by atoms with van der Waals surface area (Å²) in [5, 5.41) is 0. The topological polar surface area (TPSA) is 35.0 Å². The molecule has 4 heteroatoms. The molecule has 1 aromatic heterocycles. The van der Waals surface area contributed by atoms with Crippen LogP contribution in [0, 0.1) is 13.8 Å². The molecule has 0 saturated carbocycles. The summed E-state index contributed by atoms with van der Waals surface area (Å²) in [6.07, 6.45) is 1.71. The molecule has 0 N–H and O–H groups in total. The normalized spacial score (nSPS) is 10.9. The van der Waals surface area contributed by atoms with Crippen molar-refractivity contribution in [2.45, 2.75) is 39.5 Å². The molecule has 0 saturated heterocycles. The van der Waals surface area contributed by atoms with Crippen molar-refractivity contribution >= 4 is 11.6 Å². The number of rotatable bonds is 4. The fourth-order valence-electron chi connectivity index (χ4n) is 1.82. The molecule has 20 heavy (non-hydrogen) atoms. The minimum atomic E-state index is 0.270. The monoisotopic (exact) mass is 290 g/mol. The number of hydrogen-bond acceptors (Lipinski definition) is 3. The third-order valence-corrected chi connectivity index (χ3v) is 3.31. The fraction of sp³-hybridized carbons (Fsp3) is 0.375. The van der Waals surface area contributed by atoms with E-state index in [2.05, 4.69) is 29.9 Å². The average molecular weight is 291 g/mol. The Morgan fingerprint density at radius 2 is 1.95 bits per heavy atom. The van der Waals surface area contributed by atoms with E-state index in [0.29, 0.717) is 11.6 Å². The quantitative estimate of drug-likeness (QED) is 0.762. The van der Waals surface area contributed by atoms with Crippen molar-refractivity contribution in [1.82, 2.24) is 9.97 Å². The van der Waals surface area contributed by atoms with E-state index in [-0.39, 0.29) is 5.92 Å². The number of nitrogens with zero attached hydrogens (tertiary/aromatic N) is 2. The number of alkyl halides is 1. The van der Waals surface area contributed by atoms with Crippen LogP contribution in [-0.2, 0) is 5.88 Å². The van der Waals surface area contributed by atoms with Crippen molar-refractivity contribution in [1.29, 1.82) is 0 Å². The molecule has 0 bridgehead atoms. The highest BCUT2D eigenvalue weighted by Gasteiger charge is 2.12. The first kappa shape index (κ1) is 14.8. The number of aromatic nitrogens is 2. The van der Waals surface area contributed by atoms with Crippen LogP contribution in [0.5, 0.6) is 11.5 Å². The van der Waals surface area contributed by atoms with E-state index in [1.54, 1.807) is 6.20 Å². The van der Waals surface area contributed by atoms with Gasteiger partial charge in [0, 0.05) is 5.92 Å². The number of ether oxygens (including phenoxy) is 1. The van der Waals surface area contributed by atoms with E-state index in [9.17, 15) is 0 Å². The molecule has 0 aliphatic heterocycles. The second-order valence-electron chi connectivity index (χ2n) is 5.20. The lowest BCUT2D eigenvalue weighted by molar-refractivity contribution is 0.466. The summed E-state index contributed by atoms with van der Waals surface area (Å²) in [5.74, 6) is 2.80. The van der Waals surface area contributed by atoms with Gasteiger partial charge in [0.05, 0.1) is 12.1 Å². The summed E-state index contributed by atoms with van der Waals surface area (Å²) in [4.78, 5) is 8.81. The highest BCUT2D eigenvalue weighted by molar-refractivity contribution is 6.17. The molecule has 0 atom stereocenters. The maximum atomic E-state index is 5.98. The minimum Gasteiger partial charge on any atom is -0.453 e. The fourth-order valence-corrected chi connectivity index (χ4v) is 2.01. The van der Waals surface area contributed by atoms with Crippen LogP contribution < -0.4 is 4.74 Å². The van der Waals surface area contributed by atoms with Crippen molar-refractivity contribution in [3.63, 3.8) is 0 Å². The van der Waals surface area contributed by atoms with Crippen LogP contribution in [0.1, 0.15) is 42.4 Å². The molecule has 0 amide bonds. The first-order valence-electron chi connectivity index (χ1n) is 6.68. The van der Waals surface area contributed by atoms with Gasteiger partial charge in [-0.25, -0.2) is 9.97 Å². The van der Waals surface area contributed by atoms with Crippen molar-refractivity contribution in [2.75, 3.05) is 0 Å². The Morgan fingerprint density at radius 1 is 1.20 bits per heavy atom. The largest absolute Gasteiger partial charge is 0.453 e. The summed E-state index contributed by atoms with van der Waals surface area (Å²) in [6, 6.07) is 6.10. The Hall–Kier alpha value is -1.61. The zero-order chi connectivity index (χ0) is 14.7. The van der Waals surface area contributed by atoms with Crippen molar-refractivity contribution in [3.8, 4) is 11.5 Å². The molecule has 2 rings (SSSR count). The molecule has 3 nitrogen and oxygen atoms in total. The van der Waals surface area contributed by atoms with E-state index < -0.39 is 0 Å². The first-order valence-corrected chi connectivity index (χ1v) is 7.21. The molecule has 0 unspecified atom stereocenters. The van der Waals surface area contributed by atoms with Crippen molar-refractivity contribution < 1.29 is 4.74 Å². The van der Waals surface area contributed by atoms with Gasteiger partial charge in [0.2, 0.25) is 0 Å².